The number of rotatable bonds is 9. The van der Waals surface area contributed by atoms with Crippen molar-refractivity contribution in [3.63, 3.8) is 0 Å². The van der Waals surface area contributed by atoms with Crippen LogP contribution < -0.4 is 10.1 Å². The van der Waals surface area contributed by atoms with E-state index in [-0.39, 0.29) is 30.4 Å². The predicted molar refractivity (Wildman–Crippen MR) is 134 cm³/mol. The smallest absolute Gasteiger partial charge is 0.317 e. The number of nitrogens with one attached hydrogen (secondary N) is 1. The van der Waals surface area contributed by atoms with Gasteiger partial charge in [0.05, 0.1) is 6.04 Å². The minimum absolute atomic E-state index is 0.0393. The molecule has 2 aromatic rings. The third kappa shape index (κ3) is 6.50. The molecule has 3 rings (SSSR count). The van der Waals surface area contributed by atoms with E-state index in [9.17, 15) is 9.59 Å². The van der Waals surface area contributed by atoms with Gasteiger partial charge in [-0.15, -0.1) is 11.3 Å². The summed E-state index contributed by atoms with van der Waals surface area (Å²) in [6.07, 6.45) is 0.837. The van der Waals surface area contributed by atoms with E-state index in [1.807, 2.05) is 24.0 Å². The van der Waals surface area contributed by atoms with E-state index >= 15 is 0 Å². The van der Waals surface area contributed by atoms with Gasteiger partial charge in [-0.1, -0.05) is 39.8 Å². The average molecular weight is 472 g/mol. The maximum atomic E-state index is 13.4. The fraction of sp³-hybridized carbons (Fsp3) is 0.538. The Kier molecular flexibility index (Phi) is 8.78. The summed E-state index contributed by atoms with van der Waals surface area (Å²) in [6, 6.07) is 9.94. The molecule has 1 atom stereocenters. The van der Waals surface area contributed by atoms with E-state index in [2.05, 4.69) is 56.6 Å². The van der Waals surface area contributed by atoms with Gasteiger partial charge in [-0.3, -0.25) is 4.79 Å². The van der Waals surface area contributed by atoms with Crippen molar-refractivity contribution >= 4 is 23.3 Å². The molecule has 180 valence electrons. The first-order valence-electron chi connectivity index (χ1n) is 11.9. The number of ether oxygens (including phenoxy) is 1. The number of benzene rings is 1. The van der Waals surface area contributed by atoms with Gasteiger partial charge in [-0.2, -0.15) is 0 Å². The monoisotopic (exact) mass is 471 g/mol. The zero-order valence-corrected chi connectivity index (χ0v) is 21.3. The van der Waals surface area contributed by atoms with Crippen LogP contribution in [-0.2, 0) is 11.2 Å². The van der Waals surface area contributed by atoms with Gasteiger partial charge in [0.2, 0.25) is 5.91 Å². The molecule has 1 aromatic heterocycles. The molecule has 33 heavy (non-hydrogen) atoms. The fourth-order valence-corrected chi connectivity index (χ4v) is 5.10. The number of urea groups is 1. The second-order valence-electron chi connectivity index (χ2n) is 9.30. The van der Waals surface area contributed by atoms with Crippen molar-refractivity contribution in [1.82, 2.24) is 15.1 Å². The van der Waals surface area contributed by atoms with E-state index in [0.717, 1.165) is 17.7 Å². The number of hydrogen-bond acceptors (Lipinski definition) is 4. The molecule has 2 heterocycles. The van der Waals surface area contributed by atoms with Crippen LogP contribution in [0, 0.1) is 5.92 Å². The van der Waals surface area contributed by atoms with Crippen LogP contribution in [0.3, 0.4) is 0 Å². The van der Waals surface area contributed by atoms with Crippen LogP contribution in [-0.4, -0.2) is 54.5 Å². The number of nitrogens with zero attached hydrogens (tertiary/aromatic N) is 2. The Morgan fingerprint density at radius 3 is 2.55 bits per heavy atom. The highest BCUT2D eigenvalue weighted by atomic mass is 32.1. The summed E-state index contributed by atoms with van der Waals surface area (Å²) in [5.74, 6) is 1.51. The molecule has 1 N–H and O–H groups in total. The van der Waals surface area contributed by atoms with Gasteiger partial charge in [-0.25, -0.2) is 4.79 Å². The Bertz CT molecular complexity index is 923. The number of thiophene rings is 1. The quantitative estimate of drug-likeness (QED) is 0.556. The molecule has 1 aliphatic heterocycles. The lowest BCUT2D eigenvalue weighted by molar-refractivity contribution is -0.135. The van der Waals surface area contributed by atoms with E-state index in [1.165, 1.54) is 10.4 Å². The molecule has 0 bridgehead atoms. The average Bonchev–Trinajstić information content (AvgIpc) is 3.26. The minimum Gasteiger partial charge on any atom is -0.491 e. The topological polar surface area (TPSA) is 61.9 Å². The second-order valence-corrected chi connectivity index (χ2v) is 10.3. The number of carbonyl (C=O) groups is 2. The lowest BCUT2D eigenvalue weighted by Gasteiger charge is -2.37. The second kappa shape index (κ2) is 11.5. The first-order chi connectivity index (χ1) is 15.8. The van der Waals surface area contributed by atoms with Crippen molar-refractivity contribution in [2.45, 2.75) is 53.0 Å². The van der Waals surface area contributed by atoms with Gasteiger partial charge in [0.15, 0.2) is 0 Å². The molecule has 0 fully saturated rings. The Hall–Kier alpha value is -2.54. The lowest BCUT2D eigenvalue weighted by atomic mass is 10.00. The Morgan fingerprint density at radius 2 is 1.91 bits per heavy atom. The van der Waals surface area contributed by atoms with Crippen LogP contribution in [0.2, 0.25) is 0 Å². The van der Waals surface area contributed by atoms with Crippen LogP contribution in [0.25, 0.3) is 0 Å². The summed E-state index contributed by atoms with van der Waals surface area (Å²) in [7, 11) is 0. The zero-order chi connectivity index (χ0) is 24.0. The number of hydrogen-bond donors (Lipinski definition) is 1. The van der Waals surface area contributed by atoms with Crippen LogP contribution in [0.4, 0.5) is 4.79 Å². The SMILES string of the molecule is CCNC(=O)N(CC(=O)N1CCc2sccc2[C@@H]1COc1ccc(C(C)C)cc1)CC(C)C. The molecule has 1 aliphatic rings. The molecule has 0 unspecified atom stereocenters. The molecule has 0 radical (unpaired) electrons. The number of amides is 3. The molecule has 0 saturated heterocycles. The summed E-state index contributed by atoms with van der Waals surface area (Å²) in [5, 5.41) is 4.92. The van der Waals surface area contributed by atoms with Crippen molar-refractivity contribution in [2.75, 3.05) is 32.8 Å². The Morgan fingerprint density at radius 1 is 1.18 bits per heavy atom. The van der Waals surface area contributed by atoms with Gasteiger partial charge in [0.1, 0.15) is 18.9 Å². The van der Waals surface area contributed by atoms with Gasteiger partial charge in [-0.05, 0) is 59.9 Å². The summed E-state index contributed by atoms with van der Waals surface area (Å²) in [6.45, 7) is 12.5. The van der Waals surface area contributed by atoms with E-state index < -0.39 is 0 Å². The zero-order valence-electron chi connectivity index (χ0n) is 20.5. The van der Waals surface area contributed by atoms with Crippen molar-refractivity contribution in [3.05, 3.63) is 51.7 Å². The van der Waals surface area contributed by atoms with Crippen molar-refractivity contribution in [1.29, 1.82) is 0 Å². The third-order valence-electron chi connectivity index (χ3n) is 5.90. The van der Waals surface area contributed by atoms with Crippen molar-refractivity contribution < 1.29 is 14.3 Å². The third-order valence-corrected chi connectivity index (χ3v) is 6.89. The highest BCUT2D eigenvalue weighted by molar-refractivity contribution is 7.10. The standard InChI is InChI=1S/C26H37N3O3S/c1-6-27-26(31)28(15-18(2)3)16-25(30)29-13-11-24-22(12-14-33-24)23(29)17-32-21-9-7-20(8-10-21)19(4)5/h7-10,12,14,18-19,23H,6,11,13,15-17H2,1-5H3,(H,27,31)/t23-/m0/s1. The first-order valence-corrected chi connectivity index (χ1v) is 12.8. The first kappa shape index (κ1) is 25.1. The van der Waals surface area contributed by atoms with Gasteiger partial charge < -0.3 is 19.9 Å². The number of carbonyl (C=O) groups excluding carboxylic acids is 2. The minimum atomic E-state index is -0.189. The van der Waals surface area contributed by atoms with Crippen molar-refractivity contribution in [2.24, 2.45) is 5.92 Å². The maximum absolute atomic E-state index is 13.4. The van der Waals surface area contributed by atoms with E-state index in [1.54, 1.807) is 16.2 Å². The summed E-state index contributed by atoms with van der Waals surface area (Å²) < 4.78 is 6.16. The predicted octanol–water partition coefficient (Wildman–Crippen LogP) is 5.06. The van der Waals surface area contributed by atoms with Gasteiger partial charge in [0, 0.05) is 24.5 Å². The van der Waals surface area contributed by atoms with Crippen LogP contribution in [0.5, 0.6) is 5.75 Å². The Labute approximate surface area is 201 Å². The lowest BCUT2D eigenvalue weighted by Crippen LogP contribution is -2.50. The fourth-order valence-electron chi connectivity index (χ4n) is 4.18. The van der Waals surface area contributed by atoms with Crippen LogP contribution in [0.15, 0.2) is 35.7 Å². The summed E-state index contributed by atoms with van der Waals surface area (Å²) >= 11 is 1.74. The van der Waals surface area contributed by atoms with E-state index in [0.29, 0.717) is 32.2 Å². The molecular weight excluding hydrogens is 434 g/mol. The molecule has 0 aliphatic carbocycles. The largest absolute Gasteiger partial charge is 0.491 e. The summed E-state index contributed by atoms with van der Waals surface area (Å²) in [5.41, 5.74) is 2.43. The van der Waals surface area contributed by atoms with Crippen LogP contribution >= 0.6 is 11.3 Å². The molecular formula is C26H37N3O3S. The number of fused-ring (bicyclic) bond motifs is 1. The van der Waals surface area contributed by atoms with Crippen molar-refractivity contribution in [3.8, 4) is 5.75 Å². The maximum Gasteiger partial charge on any atom is 0.317 e. The highest BCUT2D eigenvalue weighted by Gasteiger charge is 2.33. The highest BCUT2D eigenvalue weighted by Crippen LogP contribution is 2.34. The molecule has 6 nitrogen and oxygen atoms in total. The molecule has 3 amide bonds. The van der Waals surface area contributed by atoms with Gasteiger partial charge >= 0.3 is 6.03 Å². The molecule has 7 heteroatoms. The Balaban J connectivity index is 1.74. The van der Waals surface area contributed by atoms with Gasteiger partial charge in [0.25, 0.3) is 0 Å². The molecule has 1 aromatic carbocycles. The molecule has 0 spiro atoms. The van der Waals surface area contributed by atoms with E-state index in [4.69, 9.17) is 4.74 Å². The van der Waals surface area contributed by atoms with Crippen LogP contribution in [0.1, 0.15) is 62.6 Å². The molecule has 0 saturated carbocycles. The normalized spacial score (nSPS) is 15.5. The summed E-state index contributed by atoms with van der Waals surface area (Å²) in [4.78, 5) is 30.8.